The second-order valence-corrected chi connectivity index (χ2v) is 8.06. The summed E-state index contributed by atoms with van der Waals surface area (Å²) in [5.41, 5.74) is 4.21. The molecule has 2 heterocycles. The first kappa shape index (κ1) is 18.7. The highest BCUT2D eigenvalue weighted by atomic mass is 32.2. The minimum Gasteiger partial charge on any atom is -0.462 e. The molecule has 3 aromatic rings. The molecule has 0 atom stereocenters. The molecule has 0 unspecified atom stereocenters. The molecule has 1 N–H and O–H groups in total. The van der Waals surface area contributed by atoms with Gasteiger partial charge in [-0.05, 0) is 49.3 Å². The largest absolute Gasteiger partial charge is 0.462 e. The van der Waals surface area contributed by atoms with E-state index < -0.39 is 0 Å². The molecule has 0 spiro atoms. The number of benzene rings is 1. The van der Waals surface area contributed by atoms with Crippen molar-refractivity contribution in [2.45, 2.75) is 32.4 Å². The summed E-state index contributed by atoms with van der Waals surface area (Å²) in [5.74, 6) is 2.69. The molecule has 0 fully saturated rings. The number of furan rings is 1. The second-order valence-electron chi connectivity index (χ2n) is 6.09. The number of carbonyl (C=O) groups is 1. The van der Waals surface area contributed by atoms with Gasteiger partial charge >= 0.3 is 0 Å². The highest BCUT2D eigenvalue weighted by Crippen LogP contribution is 2.26. The normalized spacial score (nSPS) is 10.8. The van der Waals surface area contributed by atoms with E-state index in [1.807, 2.05) is 44.2 Å². The molecule has 2 aromatic heterocycles. The van der Waals surface area contributed by atoms with Crippen LogP contribution in [0.5, 0.6) is 0 Å². The van der Waals surface area contributed by atoms with Crippen molar-refractivity contribution in [2.24, 2.45) is 0 Å². The van der Waals surface area contributed by atoms with Crippen LogP contribution in [0.3, 0.4) is 0 Å². The van der Waals surface area contributed by atoms with Crippen LogP contribution in [0.2, 0.25) is 0 Å². The maximum atomic E-state index is 12.1. The fourth-order valence-corrected chi connectivity index (χ4v) is 4.35. The molecule has 4 nitrogen and oxygen atoms in total. The zero-order valence-electron chi connectivity index (χ0n) is 15.0. The second kappa shape index (κ2) is 9.05. The molecular weight excluding hydrogens is 364 g/mol. The number of hydrogen-bond donors (Lipinski definition) is 1. The summed E-state index contributed by atoms with van der Waals surface area (Å²) in [5, 5.41) is 6.02. The Kier molecular flexibility index (Phi) is 6.52. The van der Waals surface area contributed by atoms with Crippen molar-refractivity contribution in [3.8, 4) is 10.8 Å². The van der Waals surface area contributed by atoms with Gasteiger partial charge in [-0.3, -0.25) is 4.79 Å². The number of anilines is 1. The molecular formula is C20H22N2O2S2. The van der Waals surface area contributed by atoms with Gasteiger partial charge in [0.05, 0.1) is 12.0 Å². The molecule has 1 amide bonds. The highest BCUT2D eigenvalue weighted by molar-refractivity contribution is 7.98. The standard InChI is InChI=1S/C20H22N2O2S2/c1-14-6-3-7-15(2)19(14)22-18(23)9-5-11-25-12-16-13-26-20(21-16)17-8-4-10-24-17/h3-4,6-8,10,13H,5,9,11-12H2,1-2H3,(H,22,23). The maximum absolute atomic E-state index is 12.1. The number of hydrogen-bond acceptors (Lipinski definition) is 5. The molecule has 1 aromatic carbocycles. The van der Waals surface area contributed by atoms with Crippen LogP contribution < -0.4 is 5.32 Å². The van der Waals surface area contributed by atoms with E-state index in [9.17, 15) is 4.79 Å². The lowest BCUT2D eigenvalue weighted by Crippen LogP contribution is -2.13. The number of carbonyl (C=O) groups excluding carboxylic acids is 1. The van der Waals surface area contributed by atoms with Crippen LogP contribution in [-0.2, 0) is 10.5 Å². The number of rotatable bonds is 8. The summed E-state index contributed by atoms with van der Waals surface area (Å²) in [4.78, 5) is 16.7. The number of para-hydroxylation sites is 1. The Bertz CT molecular complexity index is 836. The first-order chi connectivity index (χ1) is 12.6. The third-order valence-electron chi connectivity index (χ3n) is 3.97. The Labute approximate surface area is 162 Å². The Morgan fingerprint density at radius 1 is 1.23 bits per heavy atom. The van der Waals surface area contributed by atoms with Crippen molar-refractivity contribution in [3.05, 3.63) is 58.8 Å². The zero-order chi connectivity index (χ0) is 18.4. The highest BCUT2D eigenvalue weighted by Gasteiger charge is 2.09. The summed E-state index contributed by atoms with van der Waals surface area (Å²) in [6, 6.07) is 9.83. The monoisotopic (exact) mass is 386 g/mol. The SMILES string of the molecule is Cc1cccc(C)c1NC(=O)CCCSCc1csc(-c2ccco2)n1. The van der Waals surface area contributed by atoms with Gasteiger partial charge < -0.3 is 9.73 Å². The van der Waals surface area contributed by atoms with E-state index in [0.717, 1.165) is 51.2 Å². The summed E-state index contributed by atoms with van der Waals surface area (Å²) >= 11 is 3.40. The fraction of sp³-hybridized carbons (Fsp3) is 0.300. The Morgan fingerprint density at radius 2 is 2.04 bits per heavy atom. The Hall–Kier alpha value is -2.05. The molecule has 0 radical (unpaired) electrons. The van der Waals surface area contributed by atoms with Crippen LogP contribution in [0.25, 0.3) is 10.8 Å². The minimum atomic E-state index is 0.0803. The number of thiazole rings is 1. The summed E-state index contributed by atoms with van der Waals surface area (Å²) in [7, 11) is 0. The number of aromatic nitrogens is 1. The first-order valence-electron chi connectivity index (χ1n) is 8.55. The number of amides is 1. The van der Waals surface area contributed by atoms with Crippen LogP contribution in [0, 0.1) is 13.8 Å². The first-order valence-corrected chi connectivity index (χ1v) is 10.6. The van der Waals surface area contributed by atoms with Crippen molar-refractivity contribution < 1.29 is 9.21 Å². The predicted octanol–water partition coefficient (Wildman–Crippen LogP) is 5.67. The number of thioether (sulfide) groups is 1. The molecule has 6 heteroatoms. The van der Waals surface area contributed by atoms with E-state index in [1.54, 1.807) is 29.4 Å². The maximum Gasteiger partial charge on any atom is 0.224 e. The summed E-state index contributed by atoms with van der Waals surface area (Å²) in [6.07, 6.45) is 3.06. The molecule has 0 aliphatic heterocycles. The predicted molar refractivity (Wildman–Crippen MR) is 110 cm³/mol. The lowest BCUT2D eigenvalue weighted by molar-refractivity contribution is -0.116. The quantitative estimate of drug-likeness (QED) is 0.507. The number of aryl methyl sites for hydroxylation is 2. The molecule has 26 heavy (non-hydrogen) atoms. The van der Waals surface area contributed by atoms with Crippen LogP contribution in [0.15, 0.2) is 46.4 Å². The van der Waals surface area contributed by atoms with Crippen LogP contribution in [0.1, 0.15) is 29.7 Å². The Balaban J connectivity index is 1.37. The number of nitrogens with zero attached hydrogens (tertiary/aromatic N) is 1. The van der Waals surface area contributed by atoms with E-state index in [2.05, 4.69) is 15.7 Å². The van der Waals surface area contributed by atoms with Gasteiger partial charge in [-0.15, -0.1) is 11.3 Å². The Morgan fingerprint density at radius 3 is 2.77 bits per heavy atom. The van der Waals surface area contributed by atoms with Crippen molar-refractivity contribution in [1.82, 2.24) is 4.98 Å². The van der Waals surface area contributed by atoms with E-state index in [4.69, 9.17) is 4.42 Å². The third-order valence-corrected chi connectivity index (χ3v) is 5.95. The van der Waals surface area contributed by atoms with Gasteiger partial charge in [0, 0.05) is 23.2 Å². The molecule has 3 rings (SSSR count). The van der Waals surface area contributed by atoms with Crippen LogP contribution in [-0.4, -0.2) is 16.6 Å². The average Bonchev–Trinajstić information content (AvgIpc) is 3.29. The smallest absolute Gasteiger partial charge is 0.224 e. The fourth-order valence-electron chi connectivity index (χ4n) is 2.61. The van der Waals surface area contributed by atoms with Gasteiger partial charge in [0.1, 0.15) is 0 Å². The van der Waals surface area contributed by atoms with Crippen molar-refractivity contribution in [3.63, 3.8) is 0 Å². The zero-order valence-corrected chi connectivity index (χ0v) is 16.6. The van der Waals surface area contributed by atoms with Gasteiger partial charge in [0.25, 0.3) is 0 Å². The molecule has 136 valence electrons. The minimum absolute atomic E-state index is 0.0803. The van der Waals surface area contributed by atoms with E-state index in [0.29, 0.717) is 6.42 Å². The van der Waals surface area contributed by atoms with Crippen LogP contribution >= 0.6 is 23.1 Å². The van der Waals surface area contributed by atoms with Gasteiger partial charge in [-0.25, -0.2) is 4.98 Å². The lowest BCUT2D eigenvalue weighted by Gasteiger charge is -2.11. The molecule has 0 bridgehead atoms. The summed E-state index contributed by atoms with van der Waals surface area (Å²) < 4.78 is 5.36. The average molecular weight is 387 g/mol. The van der Waals surface area contributed by atoms with Gasteiger partial charge in [0.2, 0.25) is 5.91 Å². The third kappa shape index (κ3) is 4.99. The van der Waals surface area contributed by atoms with Gasteiger partial charge in [-0.2, -0.15) is 11.8 Å². The van der Waals surface area contributed by atoms with Crippen LogP contribution in [0.4, 0.5) is 5.69 Å². The summed E-state index contributed by atoms with van der Waals surface area (Å²) in [6.45, 7) is 4.03. The van der Waals surface area contributed by atoms with Crippen molar-refractivity contribution in [1.29, 1.82) is 0 Å². The van der Waals surface area contributed by atoms with Gasteiger partial charge in [0.15, 0.2) is 10.8 Å². The van der Waals surface area contributed by atoms with Gasteiger partial charge in [-0.1, -0.05) is 18.2 Å². The molecule has 0 saturated heterocycles. The van der Waals surface area contributed by atoms with E-state index in [1.165, 1.54) is 0 Å². The number of nitrogens with one attached hydrogen (secondary N) is 1. The van der Waals surface area contributed by atoms with E-state index >= 15 is 0 Å². The topological polar surface area (TPSA) is 55.1 Å². The van der Waals surface area contributed by atoms with E-state index in [-0.39, 0.29) is 5.91 Å². The molecule has 0 aliphatic carbocycles. The lowest BCUT2D eigenvalue weighted by atomic mass is 10.1. The van der Waals surface area contributed by atoms with Crippen molar-refractivity contribution in [2.75, 3.05) is 11.1 Å². The molecule has 0 aliphatic rings. The molecule has 0 saturated carbocycles. The van der Waals surface area contributed by atoms with Crippen molar-refractivity contribution >= 4 is 34.7 Å².